The summed E-state index contributed by atoms with van der Waals surface area (Å²) in [5.74, 6) is 10.9. The number of nitrogens with one attached hydrogen (secondary N) is 2. The van der Waals surface area contributed by atoms with Gasteiger partial charge in [0.1, 0.15) is 11.2 Å². The highest BCUT2D eigenvalue weighted by molar-refractivity contribution is 7.14. The Morgan fingerprint density at radius 2 is 1.18 bits per heavy atom. The molecule has 1 saturated carbocycles. The fraction of sp³-hybridized carbons (Fsp3) is 0.462. The highest BCUT2D eigenvalue weighted by Crippen LogP contribution is 2.23. The molecule has 8 heteroatoms. The molecule has 1 aliphatic carbocycles. The second kappa shape index (κ2) is 10.8. The average molecular weight is 499 g/mol. The van der Waals surface area contributed by atoms with Gasteiger partial charge < -0.3 is 20.8 Å². The number of hydrogen-bond donors (Lipinski definition) is 4. The summed E-state index contributed by atoms with van der Waals surface area (Å²) in [5.41, 5.74) is -2.18. The molecule has 0 aliphatic heterocycles. The smallest absolute Gasteiger partial charge is 0.261 e. The molecule has 0 saturated heterocycles. The summed E-state index contributed by atoms with van der Waals surface area (Å²) in [6.45, 7) is 6.44. The first-order valence-electron chi connectivity index (χ1n) is 11.2. The Morgan fingerprint density at radius 1 is 0.794 bits per heavy atom. The van der Waals surface area contributed by atoms with Crippen LogP contribution in [-0.4, -0.2) is 45.3 Å². The van der Waals surface area contributed by atoms with Crippen molar-refractivity contribution >= 4 is 34.5 Å². The van der Waals surface area contributed by atoms with Crippen LogP contribution in [0.1, 0.15) is 82.5 Å². The number of rotatable bonds is 4. The lowest BCUT2D eigenvalue weighted by atomic mass is 9.90. The third-order valence-corrected chi connectivity index (χ3v) is 7.04. The van der Waals surface area contributed by atoms with Gasteiger partial charge in [-0.2, -0.15) is 0 Å². The van der Waals surface area contributed by atoms with E-state index in [1.54, 1.807) is 52.0 Å². The van der Waals surface area contributed by atoms with Gasteiger partial charge in [0.05, 0.1) is 19.5 Å². The molecule has 4 N–H and O–H groups in total. The first-order chi connectivity index (χ1) is 15.9. The van der Waals surface area contributed by atoms with E-state index in [1.165, 1.54) is 22.7 Å². The summed E-state index contributed by atoms with van der Waals surface area (Å²) in [7, 11) is 0. The average Bonchev–Trinajstić information content (AvgIpc) is 3.41. The van der Waals surface area contributed by atoms with Crippen molar-refractivity contribution in [3.8, 4) is 23.7 Å². The van der Waals surface area contributed by atoms with E-state index in [4.69, 9.17) is 0 Å². The van der Waals surface area contributed by atoms with E-state index >= 15 is 0 Å². The lowest BCUT2D eigenvalue weighted by molar-refractivity contribution is 0.0867. The Bertz CT molecular complexity index is 1070. The molecule has 3 rings (SSSR count). The van der Waals surface area contributed by atoms with Crippen molar-refractivity contribution in [1.29, 1.82) is 0 Å². The van der Waals surface area contributed by atoms with Gasteiger partial charge in [0.2, 0.25) is 0 Å². The molecule has 2 amide bonds. The second-order valence-corrected chi connectivity index (χ2v) is 11.6. The molecule has 180 valence electrons. The van der Waals surface area contributed by atoms with Crippen molar-refractivity contribution in [3.63, 3.8) is 0 Å². The molecule has 34 heavy (non-hydrogen) atoms. The topological polar surface area (TPSA) is 98.7 Å². The lowest BCUT2D eigenvalue weighted by Gasteiger charge is -2.32. The van der Waals surface area contributed by atoms with Crippen molar-refractivity contribution in [3.05, 3.63) is 43.8 Å². The van der Waals surface area contributed by atoms with Crippen molar-refractivity contribution in [1.82, 2.24) is 10.6 Å². The van der Waals surface area contributed by atoms with Crippen molar-refractivity contribution in [2.24, 2.45) is 0 Å². The normalized spacial score (nSPS) is 18.2. The van der Waals surface area contributed by atoms with Crippen LogP contribution in [0.4, 0.5) is 0 Å². The standard InChI is InChI=1S/C26H30N2O4S2/c1-25(2,31)15-13-17-9-11-21(33-17)23(29)27-19-7-5-6-8-20(19)28-24(30)22-12-10-18(34-22)14-16-26(3,4)32/h9-12,19-20,31-32H,5-8H2,1-4H3,(H,27,29)(H,28,30)/t19-,20-/m0/s1. The number of aliphatic hydroxyl groups is 2. The summed E-state index contributed by atoms with van der Waals surface area (Å²) in [6, 6.07) is 6.68. The summed E-state index contributed by atoms with van der Waals surface area (Å²) in [5, 5.41) is 25.7. The summed E-state index contributed by atoms with van der Waals surface area (Å²) < 4.78 is 0. The minimum atomic E-state index is -1.09. The zero-order chi connectivity index (χ0) is 24.9. The number of carbonyl (C=O) groups is 2. The maximum absolute atomic E-state index is 12.8. The van der Waals surface area contributed by atoms with Crippen molar-refractivity contribution in [2.45, 2.75) is 76.7 Å². The van der Waals surface area contributed by atoms with Crippen LogP contribution in [0.25, 0.3) is 0 Å². The van der Waals surface area contributed by atoms with Crippen LogP contribution >= 0.6 is 22.7 Å². The van der Waals surface area contributed by atoms with Gasteiger partial charge in [-0.05, 0) is 64.8 Å². The molecule has 2 aromatic rings. The monoisotopic (exact) mass is 498 g/mol. The van der Waals surface area contributed by atoms with Crippen LogP contribution in [0.2, 0.25) is 0 Å². The quantitative estimate of drug-likeness (QED) is 0.485. The van der Waals surface area contributed by atoms with Crippen molar-refractivity contribution in [2.75, 3.05) is 0 Å². The van der Waals surface area contributed by atoms with Gasteiger partial charge in [0, 0.05) is 12.1 Å². The van der Waals surface area contributed by atoms with Gasteiger partial charge in [0.15, 0.2) is 0 Å². The number of amides is 2. The molecule has 0 spiro atoms. The number of hydrogen-bond acceptors (Lipinski definition) is 6. The van der Waals surface area contributed by atoms with Gasteiger partial charge >= 0.3 is 0 Å². The molecule has 0 radical (unpaired) electrons. The van der Waals surface area contributed by atoms with Crippen molar-refractivity contribution < 1.29 is 19.8 Å². The molecule has 2 heterocycles. The Morgan fingerprint density at radius 3 is 1.53 bits per heavy atom. The predicted molar refractivity (Wildman–Crippen MR) is 136 cm³/mol. The second-order valence-electron chi connectivity index (χ2n) is 9.39. The van der Waals surface area contributed by atoms with E-state index in [9.17, 15) is 19.8 Å². The van der Waals surface area contributed by atoms with Gasteiger partial charge in [-0.1, -0.05) is 36.5 Å². The molecule has 1 fully saturated rings. The third kappa shape index (κ3) is 8.00. The van der Waals surface area contributed by atoms with Gasteiger partial charge in [-0.15, -0.1) is 22.7 Å². The molecular weight excluding hydrogens is 468 g/mol. The highest BCUT2D eigenvalue weighted by Gasteiger charge is 2.29. The zero-order valence-electron chi connectivity index (χ0n) is 19.8. The molecule has 2 atom stereocenters. The van der Waals surface area contributed by atoms with Crippen LogP contribution in [0.15, 0.2) is 24.3 Å². The van der Waals surface area contributed by atoms with E-state index in [-0.39, 0.29) is 23.9 Å². The van der Waals surface area contributed by atoms with Crippen LogP contribution in [0, 0.1) is 23.7 Å². The minimum absolute atomic E-state index is 0.160. The maximum atomic E-state index is 12.8. The zero-order valence-corrected chi connectivity index (χ0v) is 21.5. The summed E-state index contributed by atoms with van der Waals surface area (Å²) in [4.78, 5) is 28.2. The Hall–Kier alpha value is -2.62. The molecule has 0 bridgehead atoms. The Kier molecular flexibility index (Phi) is 8.22. The highest BCUT2D eigenvalue weighted by atomic mass is 32.1. The van der Waals surface area contributed by atoms with E-state index in [2.05, 4.69) is 34.3 Å². The molecule has 0 unspecified atom stereocenters. The fourth-order valence-corrected chi connectivity index (χ4v) is 4.96. The largest absolute Gasteiger partial charge is 0.378 e. The Labute approximate surface area is 208 Å². The van der Waals surface area contributed by atoms with Gasteiger partial charge in [-0.3, -0.25) is 9.59 Å². The lowest BCUT2D eigenvalue weighted by Crippen LogP contribution is -2.53. The van der Waals surface area contributed by atoms with E-state index in [0.717, 1.165) is 25.7 Å². The van der Waals surface area contributed by atoms with Crippen LogP contribution < -0.4 is 10.6 Å². The minimum Gasteiger partial charge on any atom is -0.378 e. The SMILES string of the molecule is CC(C)(O)C#Cc1ccc(C(=O)N[C@H]2CCCC[C@@H]2NC(=O)c2ccc(C#CC(C)(C)O)s2)s1. The predicted octanol–water partition coefficient (Wildman–Crippen LogP) is 3.53. The molecule has 0 aromatic carbocycles. The molecule has 2 aromatic heterocycles. The molecular formula is C26H30N2O4S2. The number of carbonyl (C=O) groups excluding carboxylic acids is 2. The molecule has 6 nitrogen and oxygen atoms in total. The van der Waals surface area contributed by atoms with E-state index in [0.29, 0.717) is 19.5 Å². The van der Waals surface area contributed by atoms with Crippen LogP contribution in [-0.2, 0) is 0 Å². The van der Waals surface area contributed by atoms with Crippen LogP contribution in [0.3, 0.4) is 0 Å². The van der Waals surface area contributed by atoms with Crippen LogP contribution in [0.5, 0.6) is 0 Å². The van der Waals surface area contributed by atoms with E-state index in [1.807, 2.05) is 0 Å². The summed E-state index contributed by atoms with van der Waals surface area (Å²) in [6.07, 6.45) is 3.56. The Balaban J connectivity index is 1.63. The van der Waals surface area contributed by atoms with Gasteiger partial charge in [0.25, 0.3) is 11.8 Å². The third-order valence-electron chi connectivity index (χ3n) is 5.04. The van der Waals surface area contributed by atoms with E-state index < -0.39 is 11.2 Å². The molecule has 1 aliphatic rings. The summed E-state index contributed by atoms with van der Waals surface area (Å²) >= 11 is 2.56. The fourth-order valence-electron chi connectivity index (χ4n) is 3.44. The van der Waals surface area contributed by atoms with Gasteiger partial charge in [-0.25, -0.2) is 0 Å². The number of thiophene rings is 2. The first-order valence-corrected chi connectivity index (χ1v) is 12.9. The first kappa shape index (κ1) is 26.0. The maximum Gasteiger partial charge on any atom is 0.261 e.